The van der Waals surface area contributed by atoms with Crippen LogP contribution in [-0.4, -0.2) is 22.7 Å². The molecule has 0 aliphatic rings. The summed E-state index contributed by atoms with van der Waals surface area (Å²) in [7, 11) is 0. The van der Waals surface area contributed by atoms with Gasteiger partial charge in [0, 0.05) is 10.9 Å². The van der Waals surface area contributed by atoms with E-state index in [2.05, 4.69) is 10.1 Å². The fourth-order valence-electron chi connectivity index (χ4n) is 2.97. The lowest BCUT2D eigenvalue weighted by molar-refractivity contribution is 0.0521. The van der Waals surface area contributed by atoms with Crippen LogP contribution in [0.4, 0.5) is 4.39 Å². The fraction of sp³-hybridized carbons (Fsp3) is 0.190. The number of ether oxygens (including phenoxy) is 1. The van der Waals surface area contributed by atoms with Crippen LogP contribution in [-0.2, 0) is 4.74 Å². The average Bonchev–Trinajstić information content (AvgIpc) is 3.32. The van der Waals surface area contributed by atoms with Crippen LogP contribution < -0.4 is 0 Å². The van der Waals surface area contributed by atoms with E-state index in [0.29, 0.717) is 11.3 Å². The van der Waals surface area contributed by atoms with E-state index in [0.717, 1.165) is 22.1 Å². The normalized spacial score (nSPS) is 11.1. The molecule has 0 atom stereocenters. The summed E-state index contributed by atoms with van der Waals surface area (Å²) in [5.74, 6) is -0.599. The highest BCUT2D eigenvalue weighted by Crippen LogP contribution is 2.32. The zero-order valence-electron chi connectivity index (χ0n) is 15.6. The molecule has 142 valence electrons. The summed E-state index contributed by atoms with van der Waals surface area (Å²) in [5.41, 5.74) is 3.08. The van der Waals surface area contributed by atoms with E-state index in [1.54, 1.807) is 6.92 Å². The number of carbonyl (C=O) groups excluding carboxylic acids is 1. The Morgan fingerprint density at radius 2 is 1.93 bits per heavy atom. The molecule has 0 amide bonds. The van der Waals surface area contributed by atoms with Crippen LogP contribution in [0.1, 0.15) is 28.4 Å². The molecule has 6 nitrogen and oxygen atoms in total. The first-order valence-electron chi connectivity index (χ1n) is 8.78. The molecular weight excluding hydrogens is 363 g/mol. The van der Waals surface area contributed by atoms with E-state index in [1.165, 1.54) is 18.2 Å². The number of aryl methyl sites for hydroxylation is 2. The van der Waals surface area contributed by atoms with Gasteiger partial charge >= 0.3 is 5.97 Å². The minimum atomic E-state index is -0.714. The Hall–Kier alpha value is -3.48. The molecule has 0 unspecified atom stereocenters. The summed E-state index contributed by atoms with van der Waals surface area (Å²) in [6, 6.07) is 9.90. The van der Waals surface area contributed by atoms with Crippen LogP contribution in [0.15, 0.2) is 45.3 Å². The molecule has 2 aromatic carbocycles. The third-order valence-corrected chi connectivity index (χ3v) is 4.46. The van der Waals surface area contributed by atoms with Crippen molar-refractivity contribution in [2.24, 2.45) is 0 Å². The Kier molecular flexibility index (Phi) is 4.43. The molecule has 0 N–H and O–H groups in total. The molecule has 2 aromatic heterocycles. The number of halogens is 1. The number of furan rings is 1. The van der Waals surface area contributed by atoms with Gasteiger partial charge in [-0.2, -0.15) is 4.98 Å². The summed E-state index contributed by atoms with van der Waals surface area (Å²) in [6.07, 6.45) is 0. The smallest absolute Gasteiger partial charge is 0.341 e. The Morgan fingerprint density at radius 1 is 1.14 bits per heavy atom. The minimum absolute atomic E-state index is 0.141. The zero-order valence-corrected chi connectivity index (χ0v) is 15.6. The number of fused-ring (bicyclic) bond motifs is 1. The topological polar surface area (TPSA) is 78.4 Å². The van der Waals surface area contributed by atoms with Crippen molar-refractivity contribution >= 4 is 16.9 Å². The van der Waals surface area contributed by atoms with Gasteiger partial charge in [-0.25, -0.2) is 9.18 Å². The SMILES string of the molecule is CCOC(=O)c1ccc(-c2noc(-c3cc4c(C)ccc(C)c4o3)n2)cc1F. The lowest BCUT2D eigenvalue weighted by Gasteiger charge is -2.03. The first-order chi connectivity index (χ1) is 13.5. The summed E-state index contributed by atoms with van der Waals surface area (Å²) in [5, 5.41) is 4.87. The summed E-state index contributed by atoms with van der Waals surface area (Å²) in [4.78, 5) is 16.0. The second-order valence-corrected chi connectivity index (χ2v) is 6.39. The highest BCUT2D eigenvalue weighted by atomic mass is 19.1. The van der Waals surface area contributed by atoms with Crippen molar-refractivity contribution in [1.82, 2.24) is 10.1 Å². The predicted octanol–water partition coefficient (Wildman–Crippen LogP) is 5.08. The van der Waals surface area contributed by atoms with Gasteiger partial charge in [-0.3, -0.25) is 0 Å². The largest absolute Gasteiger partial charge is 0.462 e. The Morgan fingerprint density at radius 3 is 2.64 bits per heavy atom. The van der Waals surface area contributed by atoms with Crippen molar-refractivity contribution < 1.29 is 22.9 Å². The van der Waals surface area contributed by atoms with Gasteiger partial charge in [0.05, 0.1) is 12.2 Å². The Bertz CT molecular complexity index is 1150. The molecule has 28 heavy (non-hydrogen) atoms. The molecule has 0 saturated heterocycles. The number of carbonyl (C=O) groups is 1. The molecule has 0 aliphatic heterocycles. The third-order valence-electron chi connectivity index (χ3n) is 4.46. The minimum Gasteiger partial charge on any atom is -0.462 e. The fourth-order valence-corrected chi connectivity index (χ4v) is 2.97. The second kappa shape index (κ2) is 6.92. The van der Waals surface area contributed by atoms with Crippen LogP contribution in [0.2, 0.25) is 0 Å². The number of nitrogens with zero attached hydrogens (tertiary/aromatic N) is 2. The maximum atomic E-state index is 14.3. The molecule has 0 fully saturated rings. The number of benzene rings is 2. The standard InChI is InChI=1S/C21H17FN2O4/c1-4-26-21(25)14-8-7-13(9-16(14)22)19-23-20(28-24-19)17-10-15-11(2)5-6-12(3)18(15)27-17/h5-10H,4H2,1-3H3. The molecule has 0 bridgehead atoms. The predicted molar refractivity (Wildman–Crippen MR) is 100 cm³/mol. The van der Waals surface area contributed by atoms with E-state index in [1.807, 2.05) is 32.0 Å². The van der Waals surface area contributed by atoms with Crippen LogP contribution in [0, 0.1) is 19.7 Å². The molecule has 4 aromatic rings. The van der Waals surface area contributed by atoms with Crippen molar-refractivity contribution in [3.8, 4) is 23.0 Å². The van der Waals surface area contributed by atoms with Crippen LogP contribution in [0.3, 0.4) is 0 Å². The van der Waals surface area contributed by atoms with Crippen LogP contribution in [0.25, 0.3) is 34.0 Å². The molecule has 4 rings (SSSR count). The van der Waals surface area contributed by atoms with Gasteiger partial charge < -0.3 is 13.7 Å². The second-order valence-electron chi connectivity index (χ2n) is 6.39. The molecule has 0 radical (unpaired) electrons. The lowest BCUT2D eigenvalue weighted by Crippen LogP contribution is -2.07. The molecule has 0 spiro atoms. The van der Waals surface area contributed by atoms with Gasteiger partial charge in [-0.1, -0.05) is 17.3 Å². The van der Waals surface area contributed by atoms with Gasteiger partial charge in [0.25, 0.3) is 5.89 Å². The van der Waals surface area contributed by atoms with Gasteiger partial charge in [0.2, 0.25) is 5.82 Å². The molecule has 0 saturated carbocycles. The van der Waals surface area contributed by atoms with E-state index in [4.69, 9.17) is 13.7 Å². The number of rotatable bonds is 4. The summed E-state index contributed by atoms with van der Waals surface area (Å²) in [6.45, 7) is 5.78. The molecule has 7 heteroatoms. The maximum absolute atomic E-state index is 14.3. The Labute approximate surface area is 159 Å². The van der Waals surface area contributed by atoms with Crippen molar-refractivity contribution in [2.45, 2.75) is 20.8 Å². The van der Waals surface area contributed by atoms with E-state index in [9.17, 15) is 9.18 Å². The van der Waals surface area contributed by atoms with Gasteiger partial charge in [0.1, 0.15) is 11.4 Å². The van der Waals surface area contributed by atoms with Crippen LogP contribution >= 0.6 is 0 Å². The van der Waals surface area contributed by atoms with Crippen molar-refractivity contribution in [3.63, 3.8) is 0 Å². The first-order valence-corrected chi connectivity index (χ1v) is 8.78. The molecule has 2 heterocycles. The van der Waals surface area contributed by atoms with E-state index in [-0.39, 0.29) is 23.9 Å². The van der Waals surface area contributed by atoms with Crippen molar-refractivity contribution in [1.29, 1.82) is 0 Å². The van der Waals surface area contributed by atoms with E-state index < -0.39 is 11.8 Å². The summed E-state index contributed by atoms with van der Waals surface area (Å²) < 4.78 is 30.3. The zero-order chi connectivity index (χ0) is 19.8. The van der Waals surface area contributed by atoms with Crippen LogP contribution in [0.5, 0.6) is 0 Å². The quantitative estimate of drug-likeness (QED) is 0.459. The number of aromatic nitrogens is 2. The highest BCUT2D eigenvalue weighted by Gasteiger charge is 2.19. The number of hydrogen-bond donors (Lipinski definition) is 0. The third kappa shape index (κ3) is 3.05. The molecule has 0 aliphatic carbocycles. The molecular formula is C21H17FN2O4. The highest BCUT2D eigenvalue weighted by molar-refractivity contribution is 5.90. The van der Waals surface area contributed by atoms with Crippen molar-refractivity contribution in [3.05, 3.63) is 58.9 Å². The maximum Gasteiger partial charge on any atom is 0.341 e. The van der Waals surface area contributed by atoms with E-state index >= 15 is 0 Å². The van der Waals surface area contributed by atoms with Crippen molar-refractivity contribution in [2.75, 3.05) is 6.61 Å². The monoisotopic (exact) mass is 380 g/mol. The average molecular weight is 380 g/mol. The van der Waals surface area contributed by atoms with Gasteiger partial charge in [-0.05, 0) is 56.2 Å². The van der Waals surface area contributed by atoms with Gasteiger partial charge in [0.15, 0.2) is 5.76 Å². The summed E-state index contributed by atoms with van der Waals surface area (Å²) >= 11 is 0. The number of hydrogen-bond acceptors (Lipinski definition) is 6. The lowest BCUT2D eigenvalue weighted by atomic mass is 10.1. The first kappa shape index (κ1) is 17.9. The Balaban J connectivity index is 1.68. The van der Waals surface area contributed by atoms with Gasteiger partial charge in [-0.15, -0.1) is 0 Å². The number of esters is 1.